The Bertz CT molecular complexity index is 810. The minimum absolute atomic E-state index is 0.110. The van der Waals surface area contributed by atoms with Crippen LogP contribution >= 0.6 is 15.9 Å². The molecule has 26 heavy (non-hydrogen) atoms. The van der Waals surface area contributed by atoms with E-state index in [9.17, 15) is 5.11 Å². The third-order valence-corrected chi connectivity index (χ3v) is 5.77. The maximum absolute atomic E-state index is 9.67. The quantitative estimate of drug-likeness (QED) is 0.796. The van der Waals surface area contributed by atoms with Crippen LogP contribution in [-0.4, -0.2) is 35.7 Å². The highest BCUT2D eigenvalue weighted by Crippen LogP contribution is 2.38. The van der Waals surface area contributed by atoms with E-state index < -0.39 is 0 Å². The van der Waals surface area contributed by atoms with Crippen molar-refractivity contribution >= 4 is 21.5 Å². The SMILES string of the molecule is OC1CCN(CCC=C2c3ccccc3COc3cc(Br)ccc32)CC1. The molecule has 1 N–H and O–H groups in total. The van der Waals surface area contributed by atoms with Crippen LogP contribution in [0, 0.1) is 0 Å². The number of fused-ring (bicyclic) bond motifs is 2. The lowest BCUT2D eigenvalue weighted by molar-refractivity contribution is 0.0835. The van der Waals surface area contributed by atoms with E-state index in [1.807, 2.05) is 0 Å². The van der Waals surface area contributed by atoms with E-state index in [1.54, 1.807) is 0 Å². The average molecular weight is 414 g/mol. The van der Waals surface area contributed by atoms with Crippen molar-refractivity contribution < 1.29 is 9.84 Å². The second kappa shape index (κ2) is 7.95. The minimum atomic E-state index is -0.110. The zero-order valence-corrected chi connectivity index (χ0v) is 16.4. The Morgan fingerprint density at radius 1 is 1.12 bits per heavy atom. The lowest BCUT2D eigenvalue weighted by atomic mass is 9.93. The van der Waals surface area contributed by atoms with Crippen molar-refractivity contribution in [2.45, 2.75) is 32.0 Å². The number of benzene rings is 2. The van der Waals surface area contributed by atoms with Gasteiger partial charge in [-0.2, -0.15) is 0 Å². The molecule has 2 aromatic carbocycles. The van der Waals surface area contributed by atoms with E-state index in [1.165, 1.54) is 16.7 Å². The van der Waals surface area contributed by atoms with E-state index in [0.717, 1.165) is 54.7 Å². The molecule has 0 atom stereocenters. The monoisotopic (exact) mass is 413 g/mol. The molecule has 0 amide bonds. The van der Waals surface area contributed by atoms with Crippen molar-refractivity contribution in [1.29, 1.82) is 0 Å². The molecule has 0 unspecified atom stereocenters. The molecule has 2 heterocycles. The standard InChI is InChI=1S/C22H24BrNO2/c23-17-7-8-21-20(6-3-11-24-12-9-18(25)10-13-24)19-5-2-1-4-16(19)15-26-22(21)14-17/h1-2,4-8,14,18,25H,3,9-13,15H2. The zero-order valence-electron chi connectivity index (χ0n) is 14.8. The lowest BCUT2D eigenvalue weighted by Gasteiger charge is -2.29. The fourth-order valence-electron chi connectivity index (χ4n) is 3.80. The molecule has 2 aliphatic rings. The summed E-state index contributed by atoms with van der Waals surface area (Å²) < 4.78 is 7.12. The van der Waals surface area contributed by atoms with Crippen LogP contribution in [0.1, 0.15) is 36.0 Å². The summed E-state index contributed by atoms with van der Waals surface area (Å²) in [6.45, 7) is 3.62. The molecule has 1 fully saturated rings. The van der Waals surface area contributed by atoms with Gasteiger partial charge in [-0.15, -0.1) is 0 Å². The van der Waals surface area contributed by atoms with Gasteiger partial charge in [0.05, 0.1) is 6.10 Å². The van der Waals surface area contributed by atoms with Crippen LogP contribution in [0.2, 0.25) is 0 Å². The Hall–Kier alpha value is -1.62. The summed E-state index contributed by atoms with van der Waals surface area (Å²) in [5.74, 6) is 0.933. The largest absolute Gasteiger partial charge is 0.488 e. The van der Waals surface area contributed by atoms with Crippen molar-refractivity contribution in [1.82, 2.24) is 4.90 Å². The van der Waals surface area contributed by atoms with E-state index in [-0.39, 0.29) is 6.10 Å². The molecule has 0 bridgehead atoms. The fraction of sp³-hybridized carbons (Fsp3) is 0.364. The fourth-order valence-corrected chi connectivity index (χ4v) is 4.14. The maximum atomic E-state index is 9.67. The Labute approximate surface area is 163 Å². The minimum Gasteiger partial charge on any atom is -0.488 e. The van der Waals surface area contributed by atoms with Crippen LogP contribution in [-0.2, 0) is 6.61 Å². The van der Waals surface area contributed by atoms with Crippen LogP contribution < -0.4 is 4.74 Å². The number of aliphatic hydroxyl groups excluding tert-OH is 1. The molecule has 0 aliphatic carbocycles. The predicted molar refractivity (Wildman–Crippen MR) is 108 cm³/mol. The highest BCUT2D eigenvalue weighted by atomic mass is 79.9. The number of likely N-dealkylation sites (tertiary alicyclic amines) is 1. The van der Waals surface area contributed by atoms with Crippen LogP contribution in [0.15, 0.2) is 53.0 Å². The number of ether oxygens (including phenoxy) is 1. The van der Waals surface area contributed by atoms with Crippen molar-refractivity contribution in [2.75, 3.05) is 19.6 Å². The molecule has 3 nitrogen and oxygen atoms in total. The predicted octanol–water partition coefficient (Wildman–Crippen LogP) is 4.62. The second-order valence-electron chi connectivity index (χ2n) is 7.07. The molecular weight excluding hydrogens is 390 g/mol. The Balaban J connectivity index is 1.61. The normalized spacial score (nSPS) is 19.5. The molecule has 2 aliphatic heterocycles. The first kappa shape index (κ1) is 17.8. The molecule has 4 heteroatoms. The number of aliphatic hydroxyl groups is 1. The topological polar surface area (TPSA) is 32.7 Å². The maximum Gasteiger partial charge on any atom is 0.128 e. The highest BCUT2D eigenvalue weighted by Gasteiger charge is 2.20. The molecule has 0 saturated carbocycles. The van der Waals surface area contributed by atoms with Gasteiger partial charge in [0.25, 0.3) is 0 Å². The van der Waals surface area contributed by atoms with Crippen molar-refractivity contribution in [3.05, 3.63) is 69.7 Å². The summed E-state index contributed by atoms with van der Waals surface area (Å²) in [4.78, 5) is 2.45. The number of nitrogens with zero attached hydrogens (tertiary/aromatic N) is 1. The molecule has 4 rings (SSSR count). The Morgan fingerprint density at radius 3 is 2.77 bits per heavy atom. The summed E-state index contributed by atoms with van der Waals surface area (Å²) in [6, 6.07) is 14.8. The lowest BCUT2D eigenvalue weighted by Crippen LogP contribution is -2.36. The third kappa shape index (κ3) is 3.88. The van der Waals surface area contributed by atoms with Crippen molar-refractivity contribution in [3.63, 3.8) is 0 Å². The smallest absolute Gasteiger partial charge is 0.128 e. The van der Waals surface area contributed by atoms with Crippen molar-refractivity contribution in [2.24, 2.45) is 0 Å². The third-order valence-electron chi connectivity index (χ3n) is 5.28. The summed E-state index contributed by atoms with van der Waals surface area (Å²) in [5, 5.41) is 9.67. The van der Waals surface area contributed by atoms with Gasteiger partial charge >= 0.3 is 0 Å². The molecule has 0 radical (unpaired) electrons. The van der Waals surface area contributed by atoms with Crippen LogP contribution in [0.4, 0.5) is 0 Å². The van der Waals surface area contributed by atoms with Gasteiger partial charge in [-0.05, 0) is 54.2 Å². The van der Waals surface area contributed by atoms with Gasteiger partial charge in [0.15, 0.2) is 0 Å². The first-order chi connectivity index (χ1) is 12.7. The molecule has 2 aromatic rings. The van der Waals surface area contributed by atoms with Gasteiger partial charge in [0.2, 0.25) is 0 Å². The second-order valence-corrected chi connectivity index (χ2v) is 7.98. The zero-order chi connectivity index (χ0) is 17.9. The summed E-state index contributed by atoms with van der Waals surface area (Å²) >= 11 is 3.55. The average Bonchev–Trinajstić information content (AvgIpc) is 2.80. The summed E-state index contributed by atoms with van der Waals surface area (Å²) in [7, 11) is 0. The van der Waals surface area contributed by atoms with E-state index in [2.05, 4.69) is 69.4 Å². The van der Waals surface area contributed by atoms with E-state index in [0.29, 0.717) is 6.61 Å². The Kier molecular flexibility index (Phi) is 5.44. The number of halogens is 1. The molecular formula is C22H24BrNO2. The van der Waals surface area contributed by atoms with E-state index >= 15 is 0 Å². The summed E-state index contributed by atoms with van der Waals surface area (Å²) in [5.41, 5.74) is 4.92. The van der Waals surface area contributed by atoms with Gasteiger partial charge in [-0.25, -0.2) is 0 Å². The van der Waals surface area contributed by atoms with E-state index in [4.69, 9.17) is 4.74 Å². The number of hydrogen-bond donors (Lipinski definition) is 1. The van der Waals surface area contributed by atoms with Gasteiger partial charge in [0.1, 0.15) is 12.4 Å². The first-order valence-electron chi connectivity index (χ1n) is 9.32. The van der Waals surface area contributed by atoms with Gasteiger partial charge in [-0.3, -0.25) is 0 Å². The Morgan fingerprint density at radius 2 is 1.92 bits per heavy atom. The molecule has 136 valence electrons. The van der Waals surface area contributed by atoms with Gasteiger partial charge in [0, 0.05) is 29.7 Å². The van der Waals surface area contributed by atoms with Crippen molar-refractivity contribution in [3.8, 4) is 5.75 Å². The number of hydrogen-bond acceptors (Lipinski definition) is 3. The molecule has 0 spiro atoms. The highest BCUT2D eigenvalue weighted by molar-refractivity contribution is 9.10. The first-order valence-corrected chi connectivity index (χ1v) is 10.1. The van der Waals surface area contributed by atoms with Gasteiger partial charge in [-0.1, -0.05) is 46.3 Å². The number of rotatable bonds is 3. The van der Waals surface area contributed by atoms with Crippen LogP contribution in [0.25, 0.3) is 5.57 Å². The summed E-state index contributed by atoms with van der Waals surface area (Å²) in [6.07, 6.45) is 5.02. The van der Waals surface area contributed by atoms with Crippen LogP contribution in [0.3, 0.4) is 0 Å². The number of piperidine rings is 1. The molecule has 0 aromatic heterocycles. The molecule has 1 saturated heterocycles. The van der Waals surface area contributed by atoms with Gasteiger partial charge < -0.3 is 14.7 Å². The van der Waals surface area contributed by atoms with Crippen LogP contribution in [0.5, 0.6) is 5.75 Å².